The summed E-state index contributed by atoms with van der Waals surface area (Å²) in [6.45, 7) is 0. The molecular formula is C14H12N4O3S. The number of thiazole rings is 1. The lowest BCUT2D eigenvalue weighted by atomic mass is 10.1. The van der Waals surface area contributed by atoms with E-state index in [4.69, 9.17) is 0 Å². The predicted molar refractivity (Wildman–Crippen MR) is 79.0 cm³/mol. The van der Waals surface area contributed by atoms with E-state index in [-0.39, 0.29) is 18.2 Å². The Morgan fingerprint density at radius 2 is 2.18 bits per heavy atom. The molecule has 1 unspecified atom stereocenters. The van der Waals surface area contributed by atoms with E-state index in [1.165, 1.54) is 17.5 Å². The fourth-order valence-corrected chi connectivity index (χ4v) is 2.84. The number of aromatic nitrogens is 2. The molecule has 0 bridgehead atoms. The fraction of sp³-hybridized carbons (Fsp3) is 0.214. The minimum absolute atomic E-state index is 0.221. The molecule has 1 fully saturated rings. The first-order valence-corrected chi connectivity index (χ1v) is 7.47. The van der Waals surface area contributed by atoms with Crippen LogP contribution < -0.4 is 10.6 Å². The van der Waals surface area contributed by atoms with Crippen LogP contribution in [0, 0.1) is 0 Å². The topological polar surface area (TPSA) is 101 Å². The van der Waals surface area contributed by atoms with Gasteiger partial charge in [0.1, 0.15) is 15.9 Å². The summed E-state index contributed by atoms with van der Waals surface area (Å²) in [6.07, 6.45) is 3.64. The van der Waals surface area contributed by atoms with Gasteiger partial charge in [0.05, 0.1) is 11.9 Å². The lowest BCUT2D eigenvalue weighted by Crippen LogP contribution is -2.52. The monoisotopic (exact) mass is 316 g/mol. The maximum absolute atomic E-state index is 12.2. The first-order valence-electron chi connectivity index (χ1n) is 6.65. The zero-order valence-electron chi connectivity index (χ0n) is 11.4. The van der Waals surface area contributed by atoms with Crippen molar-refractivity contribution in [2.45, 2.75) is 18.9 Å². The van der Waals surface area contributed by atoms with E-state index in [1.807, 2.05) is 6.07 Å². The highest BCUT2D eigenvalue weighted by Gasteiger charge is 2.28. The third kappa shape index (κ3) is 3.01. The van der Waals surface area contributed by atoms with E-state index in [0.29, 0.717) is 22.0 Å². The molecule has 0 spiro atoms. The number of carbonyl (C=O) groups excluding carboxylic acids is 3. The molecule has 2 aromatic heterocycles. The van der Waals surface area contributed by atoms with Gasteiger partial charge in [0.2, 0.25) is 11.8 Å². The first kappa shape index (κ1) is 14.3. The Labute approximate surface area is 129 Å². The number of rotatable bonds is 3. The number of carbonyl (C=O) groups is 3. The van der Waals surface area contributed by atoms with Crippen molar-refractivity contribution >= 4 is 29.1 Å². The van der Waals surface area contributed by atoms with Gasteiger partial charge in [-0.05, 0) is 18.6 Å². The average molecular weight is 316 g/mol. The Morgan fingerprint density at radius 3 is 2.91 bits per heavy atom. The highest BCUT2D eigenvalue weighted by molar-refractivity contribution is 7.16. The summed E-state index contributed by atoms with van der Waals surface area (Å²) < 4.78 is 0. The van der Waals surface area contributed by atoms with E-state index >= 15 is 0 Å². The maximum atomic E-state index is 12.2. The largest absolute Gasteiger partial charge is 0.339 e. The van der Waals surface area contributed by atoms with E-state index in [9.17, 15) is 14.4 Å². The van der Waals surface area contributed by atoms with Crippen LogP contribution in [-0.2, 0) is 9.59 Å². The van der Waals surface area contributed by atoms with Gasteiger partial charge in [-0.15, -0.1) is 11.3 Å². The highest BCUT2D eigenvalue weighted by Crippen LogP contribution is 2.23. The van der Waals surface area contributed by atoms with Crippen LogP contribution in [0.25, 0.3) is 10.7 Å². The van der Waals surface area contributed by atoms with Gasteiger partial charge in [-0.3, -0.25) is 24.7 Å². The van der Waals surface area contributed by atoms with Gasteiger partial charge in [-0.1, -0.05) is 6.07 Å². The zero-order valence-corrected chi connectivity index (χ0v) is 12.2. The molecule has 0 aliphatic carbocycles. The van der Waals surface area contributed by atoms with Gasteiger partial charge >= 0.3 is 0 Å². The number of imide groups is 1. The summed E-state index contributed by atoms with van der Waals surface area (Å²) >= 11 is 1.20. The molecular weight excluding hydrogens is 304 g/mol. The van der Waals surface area contributed by atoms with E-state index in [1.54, 1.807) is 18.3 Å². The van der Waals surface area contributed by atoms with Crippen LogP contribution >= 0.6 is 11.3 Å². The van der Waals surface area contributed by atoms with Crippen molar-refractivity contribution in [3.05, 3.63) is 35.5 Å². The molecule has 0 radical (unpaired) electrons. The summed E-state index contributed by atoms with van der Waals surface area (Å²) in [5, 5.41) is 5.45. The zero-order chi connectivity index (χ0) is 15.5. The number of pyridine rings is 1. The molecule has 2 N–H and O–H groups in total. The second-order valence-electron chi connectivity index (χ2n) is 4.72. The Hall–Kier alpha value is -2.61. The van der Waals surface area contributed by atoms with Crippen LogP contribution in [0.3, 0.4) is 0 Å². The van der Waals surface area contributed by atoms with Crippen LogP contribution in [-0.4, -0.2) is 33.7 Å². The summed E-state index contributed by atoms with van der Waals surface area (Å²) in [7, 11) is 0. The number of hydrogen-bond acceptors (Lipinski definition) is 6. The van der Waals surface area contributed by atoms with Gasteiger partial charge in [0.15, 0.2) is 0 Å². The van der Waals surface area contributed by atoms with Gasteiger partial charge in [0.25, 0.3) is 5.91 Å². The summed E-state index contributed by atoms with van der Waals surface area (Å²) in [5.74, 6) is -1.17. The van der Waals surface area contributed by atoms with Crippen LogP contribution in [0.5, 0.6) is 0 Å². The number of nitrogens with one attached hydrogen (secondary N) is 2. The van der Waals surface area contributed by atoms with Crippen LogP contribution in [0.2, 0.25) is 0 Å². The van der Waals surface area contributed by atoms with Gasteiger partial charge in [0, 0.05) is 12.6 Å². The Kier molecular flexibility index (Phi) is 3.92. The number of amides is 3. The van der Waals surface area contributed by atoms with E-state index < -0.39 is 11.9 Å². The molecule has 112 valence electrons. The molecule has 2 aromatic rings. The van der Waals surface area contributed by atoms with Gasteiger partial charge in [-0.25, -0.2) is 4.98 Å². The molecule has 0 saturated carbocycles. The number of hydrogen-bond donors (Lipinski definition) is 2. The molecule has 7 nitrogen and oxygen atoms in total. The van der Waals surface area contributed by atoms with Crippen molar-refractivity contribution in [1.29, 1.82) is 0 Å². The van der Waals surface area contributed by atoms with Crippen LogP contribution in [0.1, 0.15) is 22.5 Å². The average Bonchev–Trinajstić information content (AvgIpc) is 3.01. The van der Waals surface area contributed by atoms with Gasteiger partial charge < -0.3 is 5.32 Å². The van der Waals surface area contributed by atoms with E-state index in [0.717, 1.165) is 0 Å². The molecule has 3 heterocycles. The molecule has 3 rings (SSSR count). The van der Waals surface area contributed by atoms with Crippen molar-refractivity contribution in [1.82, 2.24) is 20.6 Å². The lowest BCUT2D eigenvalue weighted by Gasteiger charge is -2.21. The molecule has 22 heavy (non-hydrogen) atoms. The van der Waals surface area contributed by atoms with E-state index in [2.05, 4.69) is 20.6 Å². The minimum atomic E-state index is -0.689. The smallest absolute Gasteiger partial charge is 0.263 e. The molecule has 1 atom stereocenters. The van der Waals surface area contributed by atoms with Crippen molar-refractivity contribution in [3.8, 4) is 10.7 Å². The third-order valence-corrected chi connectivity index (χ3v) is 4.18. The van der Waals surface area contributed by atoms with Crippen LogP contribution in [0.4, 0.5) is 0 Å². The molecule has 8 heteroatoms. The Bertz CT molecular complexity index is 729. The quantitative estimate of drug-likeness (QED) is 0.813. The fourth-order valence-electron chi connectivity index (χ4n) is 2.05. The Balaban J connectivity index is 1.70. The maximum Gasteiger partial charge on any atom is 0.263 e. The molecule has 3 amide bonds. The van der Waals surface area contributed by atoms with Crippen molar-refractivity contribution in [3.63, 3.8) is 0 Å². The standard InChI is InChI=1S/C14H12N4O3S/c19-11-5-4-8(12(20)18-11)17-13(21)10-7-16-14(22-10)9-3-1-2-6-15-9/h1-3,6-8H,4-5H2,(H,17,21)(H,18,19,20). The highest BCUT2D eigenvalue weighted by atomic mass is 32.1. The SMILES string of the molecule is O=C1CCC(NC(=O)c2cnc(-c3ccccn3)s2)C(=O)N1. The third-order valence-electron chi connectivity index (χ3n) is 3.16. The van der Waals surface area contributed by atoms with Crippen LogP contribution in [0.15, 0.2) is 30.6 Å². The lowest BCUT2D eigenvalue weighted by molar-refractivity contribution is -0.134. The normalized spacial score (nSPS) is 17.9. The van der Waals surface area contributed by atoms with Crippen molar-refractivity contribution in [2.75, 3.05) is 0 Å². The number of piperidine rings is 1. The summed E-state index contributed by atoms with van der Waals surface area (Å²) in [5.41, 5.74) is 0.688. The molecule has 1 aliphatic heterocycles. The summed E-state index contributed by atoms with van der Waals surface area (Å²) in [4.78, 5) is 43.6. The predicted octanol–water partition coefficient (Wildman–Crippen LogP) is 0.740. The summed E-state index contributed by atoms with van der Waals surface area (Å²) in [6, 6.07) is 4.76. The number of nitrogens with zero attached hydrogens (tertiary/aromatic N) is 2. The second-order valence-corrected chi connectivity index (χ2v) is 5.75. The molecule has 0 aromatic carbocycles. The molecule has 1 aliphatic rings. The van der Waals surface area contributed by atoms with Crippen molar-refractivity contribution in [2.24, 2.45) is 0 Å². The Morgan fingerprint density at radius 1 is 1.32 bits per heavy atom. The van der Waals surface area contributed by atoms with Crippen molar-refractivity contribution < 1.29 is 14.4 Å². The first-order chi connectivity index (χ1) is 10.6. The van der Waals surface area contributed by atoms with Gasteiger partial charge in [-0.2, -0.15) is 0 Å². The second kappa shape index (κ2) is 6.02. The molecule has 1 saturated heterocycles. The minimum Gasteiger partial charge on any atom is -0.339 e.